The van der Waals surface area contributed by atoms with E-state index in [2.05, 4.69) is 5.32 Å². The summed E-state index contributed by atoms with van der Waals surface area (Å²) in [7, 11) is 3.25. The van der Waals surface area contributed by atoms with Crippen molar-refractivity contribution in [2.75, 3.05) is 40.4 Å². The molecule has 2 aliphatic rings. The lowest BCUT2D eigenvalue weighted by atomic mass is 9.86. The molecule has 2 saturated heterocycles. The number of ether oxygens (including phenoxy) is 2. The zero-order valence-corrected chi connectivity index (χ0v) is 17.9. The lowest BCUT2D eigenvalue weighted by molar-refractivity contribution is -0.136. The number of amides is 3. The Kier molecular flexibility index (Phi) is 6.87. The van der Waals surface area contributed by atoms with Crippen molar-refractivity contribution in [3.8, 4) is 11.5 Å². The topological polar surface area (TPSA) is 71.1 Å². The van der Waals surface area contributed by atoms with Crippen molar-refractivity contribution in [3.05, 3.63) is 23.8 Å². The SMILES string of the molecule is COc1ccc(OC)c(C2CN(C(=O)NC(C)C)CC2C(=O)N2CCCCC2)c1. The Morgan fingerprint density at radius 2 is 1.76 bits per heavy atom. The molecule has 7 nitrogen and oxygen atoms in total. The largest absolute Gasteiger partial charge is 0.497 e. The minimum Gasteiger partial charge on any atom is -0.497 e. The van der Waals surface area contributed by atoms with Crippen LogP contribution in [0.4, 0.5) is 4.79 Å². The summed E-state index contributed by atoms with van der Waals surface area (Å²) in [5.41, 5.74) is 0.919. The third kappa shape index (κ3) is 4.77. The number of benzene rings is 1. The van der Waals surface area contributed by atoms with Gasteiger partial charge in [0.15, 0.2) is 0 Å². The van der Waals surface area contributed by atoms with Gasteiger partial charge in [0.2, 0.25) is 5.91 Å². The first-order chi connectivity index (χ1) is 13.9. The van der Waals surface area contributed by atoms with Gasteiger partial charge in [-0.25, -0.2) is 4.79 Å². The molecule has 0 saturated carbocycles. The maximum Gasteiger partial charge on any atom is 0.317 e. The van der Waals surface area contributed by atoms with E-state index in [0.29, 0.717) is 13.1 Å². The number of nitrogens with zero attached hydrogens (tertiary/aromatic N) is 2. The number of hydrogen-bond donors (Lipinski definition) is 1. The zero-order chi connectivity index (χ0) is 21.0. The standard InChI is InChI=1S/C22H33N3O4/c1-15(2)23-22(27)25-13-18(17-12-16(28-3)8-9-20(17)29-4)19(14-25)21(26)24-10-6-5-7-11-24/h8-9,12,15,18-19H,5-7,10-11,13-14H2,1-4H3,(H,23,27). The molecule has 2 atom stereocenters. The molecule has 3 amide bonds. The molecule has 7 heteroatoms. The summed E-state index contributed by atoms with van der Waals surface area (Å²) in [6, 6.07) is 5.57. The summed E-state index contributed by atoms with van der Waals surface area (Å²) in [6.45, 7) is 6.37. The summed E-state index contributed by atoms with van der Waals surface area (Å²) in [5, 5.41) is 2.95. The number of nitrogens with one attached hydrogen (secondary N) is 1. The van der Waals surface area contributed by atoms with Crippen LogP contribution in [0.15, 0.2) is 18.2 Å². The summed E-state index contributed by atoms with van der Waals surface area (Å²) in [4.78, 5) is 29.8. The number of carbonyl (C=O) groups excluding carboxylic acids is 2. The van der Waals surface area contributed by atoms with Crippen LogP contribution >= 0.6 is 0 Å². The molecule has 0 radical (unpaired) electrons. The summed E-state index contributed by atoms with van der Waals surface area (Å²) < 4.78 is 11.0. The lowest BCUT2D eigenvalue weighted by Gasteiger charge is -2.31. The third-order valence-corrected chi connectivity index (χ3v) is 5.84. The number of piperidine rings is 1. The highest BCUT2D eigenvalue weighted by Gasteiger charge is 2.43. The lowest BCUT2D eigenvalue weighted by Crippen LogP contribution is -2.44. The van der Waals surface area contributed by atoms with E-state index in [1.165, 1.54) is 6.42 Å². The Morgan fingerprint density at radius 3 is 2.38 bits per heavy atom. The summed E-state index contributed by atoms with van der Waals surface area (Å²) in [6.07, 6.45) is 3.26. The van der Waals surface area contributed by atoms with E-state index in [1.54, 1.807) is 19.1 Å². The first kappa shape index (κ1) is 21.3. The molecular weight excluding hydrogens is 370 g/mol. The third-order valence-electron chi connectivity index (χ3n) is 5.84. The molecule has 2 unspecified atom stereocenters. The first-order valence-corrected chi connectivity index (χ1v) is 10.5. The molecule has 2 heterocycles. The number of hydrogen-bond acceptors (Lipinski definition) is 4. The van der Waals surface area contributed by atoms with Gasteiger partial charge in [-0.1, -0.05) is 0 Å². The van der Waals surface area contributed by atoms with Gasteiger partial charge in [0.25, 0.3) is 0 Å². The predicted octanol–water partition coefficient (Wildman–Crippen LogP) is 2.85. The fourth-order valence-electron chi connectivity index (χ4n) is 4.35. The van der Waals surface area contributed by atoms with E-state index >= 15 is 0 Å². The van der Waals surface area contributed by atoms with Gasteiger partial charge in [0.1, 0.15) is 11.5 Å². The molecule has 29 heavy (non-hydrogen) atoms. The van der Waals surface area contributed by atoms with Crippen LogP contribution in [0.2, 0.25) is 0 Å². The average Bonchev–Trinajstić information content (AvgIpc) is 3.18. The second-order valence-electron chi connectivity index (χ2n) is 8.22. The maximum atomic E-state index is 13.4. The molecule has 1 N–H and O–H groups in total. The smallest absolute Gasteiger partial charge is 0.317 e. The molecule has 2 fully saturated rings. The van der Waals surface area contributed by atoms with E-state index in [9.17, 15) is 9.59 Å². The van der Waals surface area contributed by atoms with Gasteiger partial charge in [-0.2, -0.15) is 0 Å². The quantitative estimate of drug-likeness (QED) is 0.821. The molecular formula is C22H33N3O4. The van der Waals surface area contributed by atoms with Crippen molar-refractivity contribution in [2.45, 2.75) is 45.1 Å². The highest BCUT2D eigenvalue weighted by Crippen LogP contribution is 2.40. The zero-order valence-electron chi connectivity index (χ0n) is 17.9. The van der Waals surface area contributed by atoms with Crippen molar-refractivity contribution in [3.63, 3.8) is 0 Å². The van der Waals surface area contributed by atoms with Crippen molar-refractivity contribution in [1.29, 1.82) is 0 Å². The molecule has 2 aliphatic heterocycles. The Balaban J connectivity index is 1.92. The molecule has 0 aromatic heterocycles. The Hall–Kier alpha value is -2.44. The van der Waals surface area contributed by atoms with Crippen LogP contribution in [0.5, 0.6) is 11.5 Å². The van der Waals surface area contributed by atoms with Gasteiger partial charge in [-0.05, 0) is 51.3 Å². The molecule has 0 bridgehead atoms. The van der Waals surface area contributed by atoms with Gasteiger partial charge in [-0.15, -0.1) is 0 Å². The van der Waals surface area contributed by atoms with E-state index in [0.717, 1.165) is 43.0 Å². The minimum absolute atomic E-state index is 0.0455. The van der Waals surface area contributed by atoms with E-state index in [-0.39, 0.29) is 29.8 Å². The van der Waals surface area contributed by atoms with E-state index in [1.807, 2.05) is 36.9 Å². The maximum absolute atomic E-state index is 13.4. The van der Waals surface area contributed by atoms with Crippen molar-refractivity contribution < 1.29 is 19.1 Å². The number of likely N-dealkylation sites (tertiary alicyclic amines) is 2. The normalized spacial score (nSPS) is 22.0. The van der Waals surface area contributed by atoms with Crippen molar-refractivity contribution in [1.82, 2.24) is 15.1 Å². The molecule has 0 aliphatic carbocycles. The number of methoxy groups -OCH3 is 2. The number of carbonyl (C=O) groups is 2. The minimum atomic E-state index is -0.285. The van der Waals surface area contributed by atoms with E-state index < -0.39 is 0 Å². The van der Waals surface area contributed by atoms with Gasteiger partial charge >= 0.3 is 6.03 Å². The number of urea groups is 1. The molecule has 160 valence electrons. The monoisotopic (exact) mass is 403 g/mol. The van der Waals surface area contributed by atoms with Gasteiger partial charge in [0, 0.05) is 43.7 Å². The van der Waals surface area contributed by atoms with Crippen LogP contribution in [-0.4, -0.2) is 68.2 Å². The molecule has 0 spiro atoms. The molecule has 3 rings (SSSR count). The van der Waals surface area contributed by atoms with Crippen LogP contribution in [0.3, 0.4) is 0 Å². The van der Waals surface area contributed by atoms with Crippen LogP contribution in [0.25, 0.3) is 0 Å². The second-order valence-corrected chi connectivity index (χ2v) is 8.22. The second kappa shape index (κ2) is 9.37. The van der Waals surface area contributed by atoms with Crippen LogP contribution in [0, 0.1) is 5.92 Å². The molecule has 1 aromatic carbocycles. The summed E-state index contributed by atoms with van der Waals surface area (Å²) >= 11 is 0. The van der Waals surface area contributed by atoms with Crippen LogP contribution in [0.1, 0.15) is 44.6 Å². The fourth-order valence-corrected chi connectivity index (χ4v) is 4.35. The average molecular weight is 404 g/mol. The fraction of sp³-hybridized carbons (Fsp3) is 0.636. The van der Waals surface area contributed by atoms with Crippen LogP contribution < -0.4 is 14.8 Å². The predicted molar refractivity (Wildman–Crippen MR) is 111 cm³/mol. The van der Waals surface area contributed by atoms with Crippen molar-refractivity contribution in [2.24, 2.45) is 5.92 Å². The highest BCUT2D eigenvalue weighted by molar-refractivity contribution is 5.83. The number of rotatable bonds is 5. The molecule has 1 aromatic rings. The Labute approximate surface area is 173 Å². The van der Waals surface area contributed by atoms with E-state index in [4.69, 9.17) is 9.47 Å². The summed E-state index contributed by atoms with van der Waals surface area (Å²) in [5.74, 6) is 1.16. The van der Waals surface area contributed by atoms with Crippen molar-refractivity contribution >= 4 is 11.9 Å². The van der Waals surface area contributed by atoms with Gasteiger partial charge in [-0.3, -0.25) is 4.79 Å². The Bertz CT molecular complexity index is 731. The van der Waals surface area contributed by atoms with Crippen LogP contribution in [-0.2, 0) is 4.79 Å². The Morgan fingerprint density at radius 1 is 1.03 bits per heavy atom. The first-order valence-electron chi connectivity index (χ1n) is 10.5. The van der Waals surface area contributed by atoms with Gasteiger partial charge < -0.3 is 24.6 Å². The highest BCUT2D eigenvalue weighted by atomic mass is 16.5. The van der Waals surface area contributed by atoms with Gasteiger partial charge in [0.05, 0.1) is 20.1 Å².